The molecule has 6 heteroatoms. The first-order valence-electron chi connectivity index (χ1n) is 7.45. The summed E-state index contributed by atoms with van der Waals surface area (Å²) in [7, 11) is 0. The minimum Gasteiger partial charge on any atom is -0.481 e. The molecule has 0 atom stereocenters. The first kappa shape index (κ1) is 16.7. The zero-order valence-electron chi connectivity index (χ0n) is 13.4. The van der Waals surface area contributed by atoms with Crippen LogP contribution in [0.15, 0.2) is 34.7 Å². The molecule has 122 valence electrons. The van der Waals surface area contributed by atoms with E-state index < -0.39 is 5.97 Å². The van der Waals surface area contributed by atoms with Gasteiger partial charge in [-0.1, -0.05) is 18.2 Å². The third-order valence-electron chi connectivity index (χ3n) is 3.47. The monoisotopic (exact) mass is 316 g/mol. The summed E-state index contributed by atoms with van der Waals surface area (Å²) in [6, 6.07) is 9.19. The van der Waals surface area contributed by atoms with Crippen LogP contribution in [0, 0.1) is 6.92 Å². The smallest absolute Gasteiger partial charge is 0.305 e. The Labute approximate surface area is 134 Å². The average Bonchev–Trinajstić information content (AvgIpc) is 2.89. The van der Waals surface area contributed by atoms with Gasteiger partial charge < -0.3 is 14.4 Å². The first-order valence-corrected chi connectivity index (χ1v) is 7.45. The van der Waals surface area contributed by atoms with Crippen LogP contribution in [0.1, 0.15) is 36.5 Å². The van der Waals surface area contributed by atoms with Crippen LogP contribution in [-0.2, 0) is 4.79 Å². The van der Waals surface area contributed by atoms with Crippen molar-refractivity contribution in [2.45, 2.75) is 33.2 Å². The van der Waals surface area contributed by atoms with Gasteiger partial charge in [-0.05, 0) is 32.9 Å². The lowest BCUT2D eigenvalue weighted by atomic mass is 10.2. The molecule has 0 saturated heterocycles. The molecule has 0 spiro atoms. The molecular weight excluding hydrogens is 296 g/mol. The van der Waals surface area contributed by atoms with Crippen LogP contribution in [0.5, 0.6) is 0 Å². The minimum atomic E-state index is -0.940. The van der Waals surface area contributed by atoms with E-state index in [1.807, 2.05) is 44.2 Å². The van der Waals surface area contributed by atoms with Crippen molar-refractivity contribution in [3.8, 4) is 11.5 Å². The molecule has 0 unspecified atom stereocenters. The molecule has 1 amide bonds. The molecule has 1 heterocycles. The van der Waals surface area contributed by atoms with E-state index >= 15 is 0 Å². The van der Waals surface area contributed by atoms with E-state index in [4.69, 9.17) is 9.52 Å². The molecule has 0 bridgehead atoms. The number of hydrogen-bond acceptors (Lipinski definition) is 4. The number of aliphatic carboxylic acids is 1. The molecular formula is C17H20N2O4. The van der Waals surface area contributed by atoms with Crippen LogP contribution in [0.3, 0.4) is 0 Å². The number of rotatable bonds is 6. The lowest BCUT2D eigenvalue weighted by Gasteiger charge is -2.25. The molecule has 2 rings (SSSR count). The Morgan fingerprint density at radius 2 is 1.91 bits per heavy atom. The zero-order chi connectivity index (χ0) is 17.0. The van der Waals surface area contributed by atoms with Gasteiger partial charge in [0.15, 0.2) is 5.69 Å². The number of carboxylic acid groups (broad SMARTS) is 1. The summed E-state index contributed by atoms with van der Waals surface area (Å²) in [6.45, 7) is 5.50. The van der Waals surface area contributed by atoms with E-state index in [-0.39, 0.29) is 30.6 Å². The second kappa shape index (κ2) is 7.09. The van der Waals surface area contributed by atoms with Gasteiger partial charge in [-0.3, -0.25) is 9.59 Å². The third-order valence-corrected chi connectivity index (χ3v) is 3.47. The molecule has 0 aliphatic heterocycles. The summed E-state index contributed by atoms with van der Waals surface area (Å²) in [5.41, 5.74) is 1.01. The predicted octanol–water partition coefficient (Wildman–Crippen LogP) is 2.98. The summed E-state index contributed by atoms with van der Waals surface area (Å²) >= 11 is 0. The number of aryl methyl sites for hydroxylation is 1. The molecule has 0 aliphatic rings. The molecule has 2 aromatic rings. The quantitative estimate of drug-likeness (QED) is 0.885. The SMILES string of the molecule is Cc1oc(-c2ccccc2)nc1C(=O)N(CCC(=O)O)C(C)C. The molecule has 0 fully saturated rings. The molecule has 0 saturated carbocycles. The van der Waals surface area contributed by atoms with E-state index in [0.29, 0.717) is 11.7 Å². The van der Waals surface area contributed by atoms with E-state index in [0.717, 1.165) is 5.56 Å². The van der Waals surface area contributed by atoms with Gasteiger partial charge in [-0.2, -0.15) is 0 Å². The van der Waals surface area contributed by atoms with Crippen molar-refractivity contribution >= 4 is 11.9 Å². The van der Waals surface area contributed by atoms with Crippen molar-refractivity contribution in [1.82, 2.24) is 9.88 Å². The van der Waals surface area contributed by atoms with Gasteiger partial charge in [0, 0.05) is 18.2 Å². The van der Waals surface area contributed by atoms with Gasteiger partial charge in [-0.25, -0.2) is 4.98 Å². The third kappa shape index (κ3) is 3.97. The highest BCUT2D eigenvalue weighted by molar-refractivity contribution is 5.94. The van der Waals surface area contributed by atoms with Crippen molar-refractivity contribution in [2.24, 2.45) is 0 Å². The predicted molar refractivity (Wildman–Crippen MR) is 85.1 cm³/mol. The lowest BCUT2D eigenvalue weighted by Crippen LogP contribution is -2.39. The number of nitrogens with zero attached hydrogens (tertiary/aromatic N) is 2. The first-order chi connectivity index (χ1) is 10.9. The normalized spacial score (nSPS) is 10.8. The Kier molecular flexibility index (Phi) is 5.16. The summed E-state index contributed by atoms with van der Waals surface area (Å²) in [4.78, 5) is 29.2. The van der Waals surface area contributed by atoms with Gasteiger partial charge in [0.25, 0.3) is 5.91 Å². The number of hydrogen-bond donors (Lipinski definition) is 1. The van der Waals surface area contributed by atoms with Crippen LogP contribution in [0.2, 0.25) is 0 Å². The highest BCUT2D eigenvalue weighted by atomic mass is 16.4. The van der Waals surface area contributed by atoms with Crippen molar-refractivity contribution in [1.29, 1.82) is 0 Å². The largest absolute Gasteiger partial charge is 0.481 e. The Morgan fingerprint density at radius 3 is 2.48 bits per heavy atom. The topological polar surface area (TPSA) is 83.6 Å². The van der Waals surface area contributed by atoms with Crippen molar-refractivity contribution in [3.05, 3.63) is 41.8 Å². The molecule has 0 radical (unpaired) electrons. The molecule has 23 heavy (non-hydrogen) atoms. The summed E-state index contributed by atoms with van der Waals surface area (Å²) in [6.07, 6.45) is -0.105. The summed E-state index contributed by atoms with van der Waals surface area (Å²) in [5.74, 6) is -0.446. The average molecular weight is 316 g/mol. The fourth-order valence-electron chi connectivity index (χ4n) is 2.25. The summed E-state index contributed by atoms with van der Waals surface area (Å²) < 4.78 is 5.60. The molecule has 0 aliphatic carbocycles. The van der Waals surface area contributed by atoms with Gasteiger partial charge in [0.1, 0.15) is 5.76 Å². The van der Waals surface area contributed by atoms with Crippen LogP contribution in [0.4, 0.5) is 0 Å². The second-order valence-corrected chi connectivity index (χ2v) is 5.53. The fourth-order valence-corrected chi connectivity index (χ4v) is 2.25. The Balaban J connectivity index is 2.27. The van der Waals surface area contributed by atoms with Crippen molar-refractivity contribution in [2.75, 3.05) is 6.54 Å². The van der Waals surface area contributed by atoms with Gasteiger partial charge in [0.05, 0.1) is 6.42 Å². The highest BCUT2D eigenvalue weighted by Crippen LogP contribution is 2.22. The Morgan fingerprint density at radius 1 is 1.26 bits per heavy atom. The maximum absolute atomic E-state index is 12.7. The lowest BCUT2D eigenvalue weighted by molar-refractivity contribution is -0.137. The minimum absolute atomic E-state index is 0.105. The van der Waals surface area contributed by atoms with E-state index in [2.05, 4.69) is 4.98 Å². The number of carboxylic acids is 1. The van der Waals surface area contributed by atoms with Crippen LogP contribution in [-0.4, -0.2) is 39.5 Å². The number of aromatic nitrogens is 1. The zero-order valence-corrected chi connectivity index (χ0v) is 13.4. The molecule has 6 nitrogen and oxygen atoms in total. The van der Waals surface area contributed by atoms with Crippen molar-refractivity contribution < 1.29 is 19.1 Å². The van der Waals surface area contributed by atoms with Crippen LogP contribution >= 0.6 is 0 Å². The Hall–Kier alpha value is -2.63. The standard InChI is InChI=1S/C17H20N2O4/c1-11(2)19(10-9-14(20)21)17(22)15-12(3)23-16(18-15)13-7-5-4-6-8-13/h4-8,11H,9-10H2,1-3H3,(H,20,21). The summed E-state index contributed by atoms with van der Waals surface area (Å²) in [5, 5.41) is 8.83. The van der Waals surface area contributed by atoms with E-state index in [9.17, 15) is 9.59 Å². The van der Waals surface area contributed by atoms with Gasteiger partial charge >= 0.3 is 5.97 Å². The van der Waals surface area contributed by atoms with Crippen molar-refractivity contribution in [3.63, 3.8) is 0 Å². The number of carbonyl (C=O) groups is 2. The molecule has 1 aromatic heterocycles. The number of amides is 1. The van der Waals surface area contributed by atoms with Crippen LogP contribution < -0.4 is 0 Å². The Bertz CT molecular complexity index is 692. The molecule has 1 N–H and O–H groups in total. The van der Waals surface area contributed by atoms with Gasteiger partial charge in [-0.15, -0.1) is 0 Å². The highest BCUT2D eigenvalue weighted by Gasteiger charge is 2.25. The van der Waals surface area contributed by atoms with E-state index in [1.165, 1.54) is 4.90 Å². The second-order valence-electron chi connectivity index (χ2n) is 5.53. The number of carbonyl (C=O) groups excluding carboxylic acids is 1. The number of benzene rings is 1. The maximum atomic E-state index is 12.7. The van der Waals surface area contributed by atoms with E-state index in [1.54, 1.807) is 6.92 Å². The number of oxazole rings is 1. The fraction of sp³-hybridized carbons (Fsp3) is 0.353. The van der Waals surface area contributed by atoms with Gasteiger partial charge in [0.2, 0.25) is 5.89 Å². The molecule has 1 aromatic carbocycles. The maximum Gasteiger partial charge on any atom is 0.305 e. The van der Waals surface area contributed by atoms with Crippen LogP contribution in [0.25, 0.3) is 11.5 Å².